The lowest BCUT2D eigenvalue weighted by atomic mass is 10.1. The van der Waals surface area contributed by atoms with Crippen molar-refractivity contribution in [1.29, 1.82) is 0 Å². The van der Waals surface area contributed by atoms with Gasteiger partial charge in [0.1, 0.15) is 0 Å². The van der Waals surface area contributed by atoms with Crippen LogP contribution in [0, 0.1) is 6.92 Å². The lowest BCUT2D eigenvalue weighted by molar-refractivity contribution is -0.114. The summed E-state index contributed by atoms with van der Waals surface area (Å²) in [5.41, 5.74) is 7.60. The molecule has 4 heteroatoms. The molecule has 0 aliphatic heterocycles. The minimum absolute atomic E-state index is 0.423. The van der Waals surface area contributed by atoms with E-state index in [-0.39, 0.29) is 0 Å². The maximum Gasteiger partial charge on any atom is 0.244 e. The average Bonchev–Trinajstić information content (AvgIpc) is 2.13. The summed E-state index contributed by atoms with van der Waals surface area (Å²) in [5, 5.41) is 0.615. The molecule has 1 rings (SSSR count). The van der Waals surface area contributed by atoms with Crippen molar-refractivity contribution in [2.75, 3.05) is 0 Å². The van der Waals surface area contributed by atoms with Crippen LogP contribution in [0.15, 0.2) is 22.2 Å². The van der Waals surface area contributed by atoms with Gasteiger partial charge >= 0.3 is 0 Å². The minimum Gasteiger partial charge on any atom is -0.366 e. The maximum atomic E-state index is 10.9. The summed E-state index contributed by atoms with van der Waals surface area (Å²) in [6, 6.07) is 3.70. The van der Waals surface area contributed by atoms with Gasteiger partial charge in [0.15, 0.2) is 0 Å². The van der Waals surface area contributed by atoms with Gasteiger partial charge in [0.25, 0.3) is 0 Å². The average molecular weight is 289 g/mol. The first-order chi connectivity index (χ1) is 6.91. The highest BCUT2D eigenvalue weighted by molar-refractivity contribution is 9.10. The molecule has 1 aromatic rings. The Morgan fingerprint density at radius 1 is 1.53 bits per heavy atom. The van der Waals surface area contributed by atoms with Gasteiger partial charge in [0.05, 0.1) is 5.02 Å². The Morgan fingerprint density at radius 2 is 2.13 bits per heavy atom. The number of hydrogen-bond donors (Lipinski definition) is 1. The van der Waals surface area contributed by atoms with Crippen LogP contribution in [0.1, 0.15) is 18.1 Å². The van der Waals surface area contributed by atoms with Gasteiger partial charge in [-0.25, -0.2) is 0 Å². The number of nitrogens with two attached hydrogens (primary N) is 1. The zero-order chi connectivity index (χ0) is 11.6. The van der Waals surface area contributed by atoms with E-state index in [1.165, 1.54) is 0 Å². The summed E-state index contributed by atoms with van der Waals surface area (Å²) in [4.78, 5) is 10.9. The molecule has 80 valence electrons. The molecule has 0 aliphatic carbocycles. The van der Waals surface area contributed by atoms with Gasteiger partial charge in [-0.1, -0.05) is 11.6 Å². The molecule has 0 aliphatic rings. The van der Waals surface area contributed by atoms with Crippen LogP contribution < -0.4 is 5.73 Å². The summed E-state index contributed by atoms with van der Waals surface area (Å²) in [6.07, 6.45) is 1.73. The molecule has 0 spiro atoms. The Bertz CT molecular complexity index is 440. The monoisotopic (exact) mass is 287 g/mol. The van der Waals surface area contributed by atoms with Gasteiger partial charge in [-0.05, 0) is 59.1 Å². The Morgan fingerprint density at radius 3 is 2.67 bits per heavy atom. The number of benzene rings is 1. The molecule has 0 fully saturated rings. The molecule has 1 aromatic carbocycles. The Labute approximate surface area is 102 Å². The molecule has 0 aromatic heterocycles. The third-order valence-corrected chi connectivity index (χ3v) is 3.27. The largest absolute Gasteiger partial charge is 0.366 e. The van der Waals surface area contributed by atoms with E-state index in [9.17, 15) is 4.79 Å². The van der Waals surface area contributed by atoms with Crippen molar-refractivity contribution in [1.82, 2.24) is 0 Å². The van der Waals surface area contributed by atoms with Crippen molar-refractivity contribution in [2.45, 2.75) is 13.8 Å². The second-order valence-electron chi connectivity index (χ2n) is 3.31. The Balaban J connectivity index is 3.22. The number of amides is 1. The number of primary amides is 1. The molecule has 2 N–H and O–H groups in total. The van der Waals surface area contributed by atoms with E-state index in [0.29, 0.717) is 10.6 Å². The van der Waals surface area contributed by atoms with Crippen molar-refractivity contribution in [2.24, 2.45) is 5.73 Å². The molecule has 0 saturated heterocycles. The van der Waals surface area contributed by atoms with Gasteiger partial charge in [-0.2, -0.15) is 0 Å². The van der Waals surface area contributed by atoms with Crippen molar-refractivity contribution in [3.05, 3.63) is 38.3 Å². The van der Waals surface area contributed by atoms with Crippen LogP contribution >= 0.6 is 27.5 Å². The second kappa shape index (κ2) is 4.81. The van der Waals surface area contributed by atoms with E-state index in [1.807, 2.05) is 13.0 Å². The standard InChI is InChI=1S/C11H11BrClNO/c1-6-4-9(12)10(13)5-8(6)3-7(2)11(14)15/h3-5H,1-2H3,(H2,14,15)/b7-3+. The fraction of sp³-hybridized carbons (Fsp3) is 0.182. The normalized spacial score (nSPS) is 11.6. The van der Waals surface area contributed by atoms with Gasteiger partial charge in [-0.3, -0.25) is 4.79 Å². The number of aryl methyl sites for hydroxylation is 1. The maximum absolute atomic E-state index is 10.9. The molecule has 1 amide bonds. The first-order valence-electron chi connectivity index (χ1n) is 4.35. The van der Waals surface area contributed by atoms with Crippen molar-refractivity contribution in [3.63, 3.8) is 0 Å². The summed E-state index contributed by atoms with van der Waals surface area (Å²) in [5.74, 6) is -0.423. The Hall–Kier alpha value is -0.800. The first-order valence-corrected chi connectivity index (χ1v) is 5.52. The summed E-state index contributed by atoms with van der Waals surface area (Å²) < 4.78 is 0.843. The zero-order valence-corrected chi connectivity index (χ0v) is 10.8. The lowest BCUT2D eigenvalue weighted by Gasteiger charge is -2.04. The fourth-order valence-corrected chi connectivity index (χ4v) is 1.75. The summed E-state index contributed by atoms with van der Waals surface area (Å²) >= 11 is 9.29. The van der Waals surface area contributed by atoms with E-state index in [0.717, 1.165) is 15.6 Å². The van der Waals surface area contributed by atoms with E-state index in [4.69, 9.17) is 17.3 Å². The van der Waals surface area contributed by atoms with Crippen LogP contribution in [0.5, 0.6) is 0 Å². The molecule has 0 heterocycles. The Kier molecular flexibility index (Phi) is 3.94. The quantitative estimate of drug-likeness (QED) is 0.834. The fourth-order valence-electron chi connectivity index (χ4n) is 1.12. The number of carbonyl (C=O) groups is 1. The predicted octanol–water partition coefficient (Wildman–Crippen LogP) is 3.30. The van der Waals surface area contributed by atoms with Crippen LogP contribution in [-0.2, 0) is 4.79 Å². The highest BCUT2D eigenvalue weighted by Gasteiger charge is 2.04. The van der Waals surface area contributed by atoms with Gasteiger partial charge in [-0.15, -0.1) is 0 Å². The van der Waals surface area contributed by atoms with Crippen LogP contribution in [0.4, 0.5) is 0 Å². The van der Waals surface area contributed by atoms with E-state index in [2.05, 4.69) is 15.9 Å². The number of hydrogen-bond acceptors (Lipinski definition) is 1. The van der Waals surface area contributed by atoms with Crippen molar-refractivity contribution in [3.8, 4) is 0 Å². The van der Waals surface area contributed by atoms with Crippen LogP contribution in [0.3, 0.4) is 0 Å². The number of halogens is 2. The molecule has 0 radical (unpaired) electrons. The van der Waals surface area contributed by atoms with Gasteiger partial charge in [0, 0.05) is 10.0 Å². The molecule has 0 atom stereocenters. The molecule has 0 unspecified atom stereocenters. The lowest BCUT2D eigenvalue weighted by Crippen LogP contribution is -2.11. The second-order valence-corrected chi connectivity index (χ2v) is 4.58. The molecule has 0 bridgehead atoms. The third kappa shape index (κ3) is 3.08. The predicted molar refractivity (Wildman–Crippen MR) is 66.7 cm³/mol. The van der Waals surface area contributed by atoms with Gasteiger partial charge < -0.3 is 5.73 Å². The van der Waals surface area contributed by atoms with Crippen LogP contribution in [0.2, 0.25) is 5.02 Å². The molecular formula is C11H11BrClNO. The SMILES string of the molecule is C/C(=C\c1cc(Cl)c(Br)cc1C)C(N)=O. The number of carbonyl (C=O) groups excluding carboxylic acids is 1. The minimum atomic E-state index is -0.423. The van der Waals surface area contributed by atoms with E-state index >= 15 is 0 Å². The highest BCUT2D eigenvalue weighted by atomic mass is 79.9. The number of rotatable bonds is 2. The van der Waals surface area contributed by atoms with Crippen LogP contribution in [0.25, 0.3) is 6.08 Å². The van der Waals surface area contributed by atoms with Crippen LogP contribution in [-0.4, -0.2) is 5.91 Å². The summed E-state index contributed by atoms with van der Waals surface area (Å²) in [7, 11) is 0. The molecular weight excluding hydrogens is 277 g/mol. The molecule has 2 nitrogen and oxygen atoms in total. The highest BCUT2D eigenvalue weighted by Crippen LogP contribution is 2.27. The smallest absolute Gasteiger partial charge is 0.244 e. The molecule has 0 saturated carbocycles. The van der Waals surface area contributed by atoms with E-state index < -0.39 is 5.91 Å². The topological polar surface area (TPSA) is 43.1 Å². The summed E-state index contributed by atoms with van der Waals surface area (Å²) in [6.45, 7) is 3.62. The third-order valence-electron chi connectivity index (χ3n) is 2.07. The van der Waals surface area contributed by atoms with Crippen molar-refractivity contribution < 1.29 is 4.79 Å². The molecule has 15 heavy (non-hydrogen) atoms. The van der Waals surface area contributed by atoms with Crippen molar-refractivity contribution >= 4 is 39.5 Å². The van der Waals surface area contributed by atoms with Gasteiger partial charge in [0.2, 0.25) is 5.91 Å². The first kappa shape index (κ1) is 12.3. The zero-order valence-electron chi connectivity index (χ0n) is 8.47. The van der Waals surface area contributed by atoms with E-state index in [1.54, 1.807) is 19.1 Å².